The molecule has 2 aliphatic heterocycles. The van der Waals surface area contributed by atoms with Crippen molar-refractivity contribution in [3.05, 3.63) is 35.0 Å². The second kappa shape index (κ2) is 6.81. The summed E-state index contributed by atoms with van der Waals surface area (Å²) in [6.07, 6.45) is 2.09. The van der Waals surface area contributed by atoms with E-state index in [-0.39, 0.29) is 5.91 Å². The maximum absolute atomic E-state index is 12.9. The lowest BCUT2D eigenvalue weighted by Gasteiger charge is -2.28. The van der Waals surface area contributed by atoms with Gasteiger partial charge in [-0.1, -0.05) is 11.6 Å². The first-order chi connectivity index (χ1) is 12.1. The minimum atomic E-state index is 0.249. The van der Waals surface area contributed by atoms with Crippen molar-refractivity contribution in [2.24, 2.45) is 0 Å². The third-order valence-corrected chi connectivity index (χ3v) is 5.68. The number of hydrogen-bond acceptors (Lipinski definition) is 3. The number of hydrogen-bond donors (Lipinski definition) is 1. The van der Waals surface area contributed by atoms with Crippen LogP contribution < -0.4 is 5.32 Å². The summed E-state index contributed by atoms with van der Waals surface area (Å²) in [6.45, 7) is 8.22. The van der Waals surface area contributed by atoms with E-state index in [1.54, 1.807) is 0 Å². The topological polar surface area (TPSA) is 40.5 Å². The standard InChI is InChI=1S/C20H28N4O/c1-15-3-4-18-17(13-15)16-5-9-22(2)10-6-19(16)24(18)14-20(25)23-11-7-21-8-12-23/h3-4,13,21H,5-12,14H2,1-2H3. The summed E-state index contributed by atoms with van der Waals surface area (Å²) < 4.78 is 2.30. The van der Waals surface area contributed by atoms with E-state index in [1.165, 1.54) is 27.7 Å². The molecule has 5 nitrogen and oxygen atoms in total. The van der Waals surface area contributed by atoms with Crippen LogP contribution in [0.25, 0.3) is 10.9 Å². The molecule has 1 saturated heterocycles. The normalized spacial score (nSPS) is 19.0. The van der Waals surface area contributed by atoms with E-state index in [0.29, 0.717) is 6.54 Å². The fourth-order valence-corrected chi connectivity index (χ4v) is 4.20. The predicted molar refractivity (Wildman–Crippen MR) is 101 cm³/mol. The van der Waals surface area contributed by atoms with Crippen LogP contribution in [0.4, 0.5) is 0 Å². The molecule has 25 heavy (non-hydrogen) atoms. The number of nitrogens with one attached hydrogen (secondary N) is 1. The number of nitrogens with zero attached hydrogens (tertiary/aromatic N) is 3. The van der Waals surface area contributed by atoms with Crippen LogP contribution in [-0.2, 0) is 24.2 Å². The minimum Gasteiger partial charge on any atom is -0.339 e. The van der Waals surface area contributed by atoms with Crippen LogP contribution in [0, 0.1) is 6.92 Å². The van der Waals surface area contributed by atoms with Crippen molar-refractivity contribution in [3.63, 3.8) is 0 Å². The van der Waals surface area contributed by atoms with Gasteiger partial charge in [-0.2, -0.15) is 0 Å². The number of rotatable bonds is 2. The summed E-state index contributed by atoms with van der Waals surface area (Å²) in [7, 11) is 2.19. The number of likely N-dealkylation sites (N-methyl/N-ethyl adjacent to an activating group) is 1. The molecule has 0 radical (unpaired) electrons. The first kappa shape index (κ1) is 16.6. The summed E-state index contributed by atoms with van der Waals surface area (Å²) >= 11 is 0. The van der Waals surface area contributed by atoms with Gasteiger partial charge in [0, 0.05) is 62.3 Å². The molecular formula is C20H28N4O. The van der Waals surface area contributed by atoms with Crippen LogP contribution in [0.2, 0.25) is 0 Å². The van der Waals surface area contributed by atoms with Gasteiger partial charge >= 0.3 is 0 Å². The summed E-state index contributed by atoms with van der Waals surface area (Å²) in [5.74, 6) is 0.249. The number of piperazine rings is 1. The van der Waals surface area contributed by atoms with Gasteiger partial charge in [0.1, 0.15) is 6.54 Å². The predicted octanol–water partition coefficient (Wildman–Crippen LogP) is 1.41. The average molecular weight is 340 g/mol. The summed E-state index contributed by atoms with van der Waals surface area (Å²) in [6, 6.07) is 6.67. The molecule has 2 aromatic rings. The third-order valence-electron chi connectivity index (χ3n) is 5.68. The van der Waals surface area contributed by atoms with E-state index >= 15 is 0 Å². The molecule has 1 aromatic carbocycles. The number of benzene rings is 1. The van der Waals surface area contributed by atoms with Crippen LogP contribution in [0.3, 0.4) is 0 Å². The molecule has 5 heteroatoms. The Hall–Kier alpha value is -1.85. The Morgan fingerprint density at radius 1 is 1.12 bits per heavy atom. The quantitative estimate of drug-likeness (QED) is 0.899. The maximum Gasteiger partial charge on any atom is 0.242 e. The van der Waals surface area contributed by atoms with E-state index < -0.39 is 0 Å². The second-order valence-electron chi connectivity index (χ2n) is 7.47. The number of aromatic nitrogens is 1. The molecule has 0 spiro atoms. The van der Waals surface area contributed by atoms with E-state index in [9.17, 15) is 4.79 Å². The molecule has 1 N–H and O–H groups in total. The first-order valence-corrected chi connectivity index (χ1v) is 9.41. The highest BCUT2D eigenvalue weighted by Gasteiger charge is 2.24. The number of aryl methyl sites for hydroxylation is 1. The van der Waals surface area contributed by atoms with Crippen LogP contribution in [0.15, 0.2) is 18.2 Å². The lowest BCUT2D eigenvalue weighted by atomic mass is 10.1. The summed E-state index contributed by atoms with van der Waals surface area (Å²) in [5.41, 5.74) is 5.34. The molecule has 1 fully saturated rings. The Morgan fingerprint density at radius 3 is 2.68 bits per heavy atom. The molecular weight excluding hydrogens is 312 g/mol. The van der Waals surface area contributed by atoms with Gasteiger partial charge in [0.2, 0.25) is 5.91 Å². The fraction of sp³-hybridized carbons (Fsp3) is 0.550. The van der Waals surface area contributed by atoms with Crippen LogP contribution >= 0.6 is 0 Å². The fourth-order valence-electron chi connectivity index (χ4n) is 4.20. The smallest absolute Gasteiger partial charge is 0.242 e. The number of amides is 1. The highest BCUT2D eigenvalue weighted by atomic mass is 16.2. The van der Waals surface area contributed by atoms with Gasteiger partial charge in [-0.05, 0) is 38.1 Å². The molecule has 0 bridgehead atoms. The number of carbonyl (C=O) groups excluding carboxylic acids is 1. The van der Waals surface area contributed by atoms with Crippen molar-refractivity contribution in [1.82, 2.24) is 19.7 Å². The molecule has 3 heterocycles. The zero-order valence-electron chi connectivity index (χ0n) is 15.3. The summed E-state index contributed by atoms with van der Waals surface area (Å²) in [4.78, 5) is 17.3. The SMILES string of the molecule is Cc1ccc2c(c1)c1c(n2CC(=O)N2CCNCC2)CCN(C)CC1. The average Bonchev–Trinajstić information content (AvgIpc) is 2.76. The Morgan fingerprint density at radius 2 is 1.88 bits per heavy atom. The Kier molecular flexibility index (Phi) is 4.52. The molecule has 4 rings (SSSR count). The Labute approximate surface area is 149 Å². The van der Waals surface area contributed by atoms with Crippen molar-refractivity contribution in [2.75, 3.05) is 46.3 Å². The molecule has 0 saturated carbocycles. The molecule has 2 aliphatic rings. The van der Waals surface area contributed by atoms with E-state index in [0.717, 1.165) is 52.1 Å². The van der Waals surface area contributed by atoms with Gasteiger partial charge < -0.3 is 19.7 Å². The van der Waals surface area contributed by atoms with Crippen molar-refractivity contribution in [2.45, 2.75) is 26.3 Å². The van der Waals surface area contributed by atoms with Gasteiger partial charge in [-0.25, -0.2) is 0 Å². The van der Waals surface area contributed by atoms with Crippen molar-refractivity contribution in [3.8, 4) is 0 Å². The second-order valence-corrected chi connectivity index (χ2v) is 7.47. The van der Waals surface area contributed by atoms with Crippen molar-refractivity contribution in [1.29, 1.82) is 0 Å². The Bertz CT molecular complexity index is 789. The zero-order chi connectivity index (χ0) is 17.4. The van der Waals surface area contributed by atoms with E-state index in [2.05, 4.69) is 47.0 Å². The highest BCUT2D eigenvalue weighted by molar-refractivity contribution is 5.88. The van der Waals surface area contributed by atoms with E-state index in [4.69, 9.17) is 0 Å². The van der Waals surface area contributed by atoms with Gasteiger partial charge in [-0.3, -0.25) is 4.79 Å². The van der Waals surface area contributed by atoms with E-state index in [1.807, 2.05) is 4.90 Å². The molecule has 0 aliphatic carbocycles. The number of carbonyl (C=O) groups is 1. The van der Waals surface area contributed by atoms with Crippen LogP contribution in [0.1, 0.15) is 16.8 Å². The highest BCUT2D eigenvalue weighted by Crippen LogP contribution is 2.30. The van der Waals surface area contributed by atoms with Gasteiger partial charge in [0.15, 0.2) is 0 Å². The lowest BCUT2D eigenvalue weighted by Crippen LogP contribution is -2.47. The molecule has 134 valence electrons. The van der Waals surface area contributed by atoms with Gasteiger partial charge in [0.05, 0.1) is 0 Å². The third kappa shape index (κ3) is 3.18. The first-order valence-electron chi connectivity index (χ1n) is 9.41. The number of fused-ring (bicyclic) bond motifs is 3. The molecule has 1 aromatic heterocycles. The summed E-state index contributed by atoms with van der Waals surface area (Å²) in [5, 5.41) is 4.67. The van der Waals surface area contributed by atoms with Crippen LogP contribution in [-0.4, -0.2) is 66.6 Å². The van der Waals surface area contributed by atoms with Crippen LogP contribution in [0.5, 0.6) is 0 Å². The molecule has 1 amide bonds. The minimum absolute atomic E-state index is 0.249. The lowest BCUT2D eigenvalue weighted by molar-refractivity contribution is -0.132. The molecule has 0 unspecified atom stereocenters. The zero-order valence-corrected chi connectivity index (χ0v) is 15.3. The largest absolute Gasteiger partial charge is 0.339 e. The van der Waals surface area contributed by atoms with Gasteiger partial charge in [-0.15, -0.1) is 0 Å². The molecule has 0 atom stereocenters. The Balaban J connectivity index is 1.73. The van der Waals surface area contributed by atoms with Gasteiger partial charge in [0.25, 0.3) is 0 Å². The monoisotopic (exact) mass is 340 g/mol. The van der Waals surface area contributed by atoms with Crippen molar-refractivity contribution < 1.29 is 4.79 Å². The maximum atomic E-state index is 12.9. The van der Waals surface area contributed by atoms with Crippen molar-refractivity contribution >= 4 is 16.8 Å².